The molecule has 1 N–H and O–H groups in total. The highest BCUT2D eigenvalue weighted by Crippen LogP contribution is 2.16. The van der Waals surface area contributed by atoms with Crippen LogP contribution < -0.4 is 5.32 Å². The molecule has 0 amide bonds. The average Bonchev–Trinajstić information content (AvgIpc) is 2.51. The van der Waals surface area contributed by atoms with Crippen LogP contribution in [-0.4, -0.2) is 55.6 Å². The Balaban J connectivity index is 1.95. The molecule has 118 valence electrons. The predicted molar refractivity (Wildman–Crippen MR) is 90.7 cm³/mol. The van der Waals surface area contributed by atoms with Gasteiger partial charge in [0, 0.05) is 32.2 Å². The van der Waals surface area contributed by atoms with Crippen LogP contribution in [0.4, 0.5) is 0 Å². The number of piperazine rings is 1. The van der Waals surface area contributed by atoms with E-state index in [9.17, 15) is 0 Å². The van der Waals surface area contributed by atoms with Gasteiger partial charge in [0.05, 0.1) is 0 Å². The molecule has 1 aliphatic rings. The van der Waals surface area contributed by atoms with Crippen molar-refractivity contribution in [3.8, 4) is 0 Å². The van der Waals surface area contributed by atoms with Crippen LogP contribution in [0.1, 0.15) is 31.4 Å². The third-order valence-electron chi connectivity index (χ3n) is 4.67. The van der Waals surface area contributed by atoms with E-state index < -0.39 is 0 Å². The Morgan fingerprint density at radius 1 is 1.14 bits per heavy atom. The highest BCUT2D eigenvalue weighted by atomic mass is 15.3. The maximum atomic E-state index is 3.43. The summed E-state index contributed by atoms with van der Waals surface area (Å²) >= 11 is 0. The normalized spacial score (nSPS) is 20.8. The van der Waals surface area contributed by atoms with Crippen molar-refractivity contribution >= 4 is 0 Å². The summed E-state index contributed by atoms with van der Waals surface area (Å²) in [5.74, 6) is 0. The van der Waals surface area contributed by atoms with Crippen LogP contribution in [0.3, 0.4) is 0 Å². The molecule has 3 nitrogen and oxygen atoms in total. The summed E-state index contributed by atoms with van der Waals surface area (Å²) in [6.45, 7) is 11.3. The van der Waals surface area contributed by atoms with Gasteiger partial charge in [-0.05, 0) is 44.1 Å². The van der Waals surface area contributed by atoms with Crippen LogP contribution in [0.15, 0.2) is 24.3 Å². The van der Waals surface area contributed by atoms with Gasteiger partial charge in [0.15, 0.2) is 0 Å². The van der Waals surface area contributed by atoms with Gasteiger partial charge in [-0.15, -0.1) is 0 Å². The first kappa shape index (κ1) is 16.5. The largest absolute Gasteiger partial charge is 0.317 e. The third-order valence-corrected chi connectivity index (χ3v) is 4.67. The Bertz CT molecular complexity index is 419. The summed E-state index contributed by atoms with van der Waals surface area (Å²) in [6.07, 6.45) is 2.38. The molecule has 1 aromatic carbocycles. The Morgan fingerprint density at radius 2 is 1.90 bits per heavy atom. The minimum absolute atomic E-state index is 0.715. The maximum absolute atomic E-state index is 3.43. The van der Waals surface area contributed by atoms with Crippen molar-refractivity contribution < 1.29 is 0 Å². The molecule has 2 rings (SSSR count). The van der Waals surface area contributed by atoms with E-state index in [2.05, 4.69) is 60.3 Å². The van der Waals surface area contributed by atoms with Crippen molar-refractivity contribution in [2.75, 3.05) is 39.8 Å². The number of likely N-dealkylation sites (N-methyl/N-ethyl adjacent to an activating group) is 2. The fourth-order valence-corrected chi connectivity index (χ4v) is 3.19. The van der Waals surface area contributed by atoms with Gasteiger partial charge in [0.1, 0.15) is 0 Å². The zero-order valence-corrected chi connectivity index (χ0v) is 13.9. The molecule has 1 saturated heterocycles. The van der Waals surface area contributed by atoms with E-state index in [0.717, 1.165) is 26.1 Å². The van der Waals surface area contributed by atoms with Crippen molar-refractivity contribution in [3.63, 3.8) is 0 Å². The summed E-state index contributed by atoms with van der Waals surface area (Å²) in [7, 11) is 2.26. The second-order valence-corrected chi connectivity index (χ2v) is 6.15. The highest BCUT2D eigenvalue weighted by molar-refractivity contribution is 5.27. The third kappa shape index (κ3) is 4.80. The summed E-state index contributed by atoms with van der Waals surface area (Å²) < 4.78 is 0. The minimum atomic E-state index is 0.715. The van der Waals surface area contributed by atoms with Gasteiger partial charge in [-0.1, -0.05) is 38.1 Å². The van der Waals surface area contributed by atoms with Gasteiger partial charge in [-0.25, -0.2) is 0 Å². The van der Waals surface area contributed by atoms with E-state index in [1.165, 1.54) is 37.2 Å². The predicted octanol–water partition coefficient (Wildman–Crippen LogP) is 2.36. The molecule has 0 aliphatic carbocycles. The quantitative estimate of drug-likeness (QED) is 0.778. The first-order valence-electron chi connectivity index (χ1n) is 8.44. The summed E-state index contributed by atoms with van der Waals surface area (Å²) in [5.41, 5.74) is 3.01. The molecule has 1 atom stereocenters. The van der Waals surface area contributed by atoms with E-state index in [0.29, 0.717) is 6.04 Å². The van der Waals surface area contributed by atoms with Crippen LogP contribution in [0, 0.1) is 0 Å². The monoisotopic (exact) mass is 289 g/mol. The molecule has 1 heterocycles. The fourth-order valence-electron chi connectivity index (χ4n) is 3.19. The molecule has 0 saturated carbocycles. The van der Waals surface area contributed by atoms with Gasteiger partial charge in [0.2, 0.25) is 0 Å². The van der Waals surface area contributed by atoms with E-state index >= 15 is 0 Å². The molecule has 1 unspecified atom stereocenters. The van der Waals surface area contributed by atoms with Gasteiger partial charge in [-0.2, -0.15) is 0 Å². The van der Waals surface area contributed by atoms with Crippen molar-refractivity contribution in [1.82, 2.24) is 15.1 Å². The second kappa shape index (κ2) is 8.52. The van der Waals surface area contributed by atoms with Gasteiger partial charge in [0.25, 0.3) is 0 Å². The SMILES string of the molecule is CCNCCc1ccccc1CN1CCN(C)C(CC)C1. The van der Waals surface area contributed by atoms with Crippen molar-refractivity contribution in [3.05, 3.63) is 35.4 Å². The molecule has 0 spiro atoms. The lowest BCUT2D eigenvalue weighted by molar-refractivity contribution is 0.0882. The van der Waals surface area contributed by atoms with Crippen molar-refractivity contribution in [2.45, 2.75) is 39.3 Å². The first-order valence-corrected chi connectivity index (χ1v) is 8.44. The second-order valence-electron chi connectivity index (χ2n) is 6.15. The molecule has 0 bridgehead atoms. The van der Waals surface area contributed by atoms with Crippen LogP contribution in [0.25, 0.3) is 0 Å². The summed E-state index contributed by atoms with van der Waals surface area (Å²) in [4.78, 5) is 5.13. The van der Waals surface area contributed by atoms with Crippen molar-refractivity contribution in [1.29, 1.82) is 0 Å². The highest BCUT2D eigenvalue weighted by Gasteiger charge is 2.23. The number of hydrogen-bond acceptors (Lipinski definition) is 3. The average molecular weight is 289 g/mol. The van der Waals surface area contributed by atoms with Crippen LogP contribution in [-0.2, 0) is 13.0 Å². The van der Waals surface area contributed by atoms with Gasteiger partial charge < -0.3 is 10.2 Å². The van der Waals surface area contributed by atoms with Crippen molar-refractivity contribution in [2.24, 2.45) is 0 Å². The van der Waals surface area contributed by atoms with Crippen LogP contribution in [0.2, 0.25) is 0 Å². The number of nitrogens with one attached hydrogen (secondary N) is 1. The number of benzene rings is 1. The fraction of sp³-hybridized carbons (Fsp3) is 0.667. The molecule has 3 heteroatoms. The molecule has 21 heavy (non-hydrogen) atoms. The molecule has 0 radical (unpaired) electrons. The molecule has 1 aliphatic heterocycles. The molecule has 1 fully saturated rings. The van der Waals surface area contributed by atoms with E-state index in [1.54, 1.807) is 0 Å². The topological polar surface area (TPSA) is 18.5 Å². The number of hydrogen-bond donors (Lipinski definition) is 1. The van der Waals surface area contributed by atoms with Gasteiger partial charge >= 0.3 is 0 Å². The molecule has 0 aromatic heterocycles. The standard InChI is InChI=1S/C18H31N3/c1-4-18-15-21(13-12-20(18)3)14-17-9-7-6-8-16(17)10-11-19-5-2/h6-9,18-19H,4-5,10-15H2,1-3H3. The molecular formula is C18H31N3. The number of rotatable bonds is 7. The Kier molecular flexibility index (Phi) is 6.68. The first-order chi connectivity index (χ1) is 10.2. The maximum Gasteiger partial charge on any atom is 0.0237 e. The van der Waals surface area contributed by atoms with E-state index in [4.69, 9.17) is 0 Å². The minimum Gasteiger partial charge on any atom is -0.317 e. The lowest BCUT2D eigenvalue weighted by Crippen LogP contribution is -2.50. The van der Waals surface area contributed by atoms with Gasteiger partial charge in [-0.3, -0.25) is 4.90 Å². The Labute approximate surface area is 130 Å². The summed E-state index contributed by atoms with van der Waals surface area (Å²) in [6, 6.07) is 9.66. The Morgan fingerprint density at radius 3 is 2.62 bits per heavy atom. The van der Waals surface area contributed by atoms with E-state index in [1.807, 2.05) is 0 Å². The lowest BCUT2D eigenvalue weighted by atomic mass is 10.0. The molecular weight excluding hydrogens is 258 g/mol. The Hall–Kier alpha value is -0.900. The lowest BCUT2D eigenvalue weighted by Gasteiger charge is -2.39. The molecule has 1 aromatic rings. The smallest absolute Gasteiger partial charge is 0.0237 e. The zero-order valence-electron chi connectivity index (χ0n) is 13.9. The zero-order chi connectivity index (χ0) is 15.1. The van der Waals surface area contributed by atoms with Crippen LogP contribution >= 0.6 is 0 Å². The van der Waals surface area contributed by atoms with E-state index in [-0.39, 0.29) is 0 Å². The summed E-state index contributed by atoms with van der Waals surface area (Å²) in [5, 5.41) is 3.43. The number of nitrogens with zero attached hydrogens (tertiary/aromatic N) is 2. The van der Waals surface area contributed by atoms with Crippen LogP contribution in [0.5, 0.6) is 0 Å².